The first kappa shape index (κ1) is 18.4. The predicted molar refractivity (Wildman–Crippen MR) is 90.5 cm³/mol. The van der Waals surface area contributed by atoms with Crippen LogP contribution in [0, 0.1) is 5.92 Å². The van der Waals surface area contributed by atoms with E-state index < -0.39 is 23.8 Å². The summed E-state index contributed by atoms with van der Waals surface area (Å²) in [6.45, 7) is 4.09. The normalized spacial score (nSPS) is 18.5. The number of aromatic nitrogens is 1. The Bertz CT molecular complexity index is 592. The third-order valence-corrected chi connectivity index (χ3v) is 5.77. The van der Waals surface area contributed by atoms with Crippen molar-refractivity contribution in [2.24, 2.45) is 5.92 Å². The summed E-state index contributed by atoms with van der Waals surface area (Å²) in [6.07, 6.45) is 2.99. The molecule has 0 bridgehead atoms. The Hall–Kier alpha value is -1.89. The van der Waals surface area contributed by atoms with E-state index in [1.807, 2.05) is 32.0 Å². The lowest BCUT2D eigenvalue weighted by atomic mass is 9.98. The number of pyridine rings is 1. The summed E-state index contributed by atoms with van der Waals surface area (Å²) in [7, 11) is 0. The molecule has 130 valence electrons. The van der Waals surface area contributed by atoms with E-state index in [1.54, 1.807) is 6.20 Å². The van der Waals surface area contributed by atoms with Crippen LogP contribution in [0.3, 0.4) is 0 Å². The number of carbonyl (C=O) groups excluding carboxylic acids is 2. The zero-order valence-corrected chi connectivity index (χ0v) is 14.7. The third kappa shape index (κ3) is 4.35. The number of carbonyl (C=O) groups is 3. The minimum atomic E-state index is -1.13. The number of hydrogen-bond acceptors (Lipinski definition) is 5. The molecular weight excluding hydrogens is 328 g/mol. The van der Waals surface area contributed by atoms with Gasteiger partial charge in [0, 0.05) is 24.3 Å². The van der Waals surface area contributed by atoms with Crippen LogP contribution in [-0.4, -0.2) is 44.1 Å². The number of thioether (sulfide) groups is 1. The molecule has 0 spiro atoms. The summed E-state index contributed by atoms with van der Waals surface area (Å²) in [5, 5.41) is 10.3. The minimum Gasteiger partial charge on any atom is -0.480 e. The van der Waals surface area contributed by atoms with Crippen LogP contribution in [0.4, 0.5) is 0 Å². The Morgan fingerprint density at radius 1 is 1.33 bits per heavy atom. The number of nitrogens with zero attached hydrogens (tertiary/aromatic N) is 2. The van der Waals surface area contributed by atoms with Gasteiger partial charge in [0.15, 0.2) is 0 Å². The molecule has 24 heavy (non-hydrogen) atoms. The Morgan fingerprint density at radius 3 is 2.50 bits per heavy atom. The van der Waals surface area contributed by atoms with Crippen LogP contribution in [0.2, 0.25) is 0 Å². The fraction of sp³-hybridized carbons (Fsp3) is 0.529. The monoisotopic (exact) mass is 350 g/mol. The number of carboxylic acid groups (broad SMARTS) is 1. The Kier molecular flexibility index (Phi) is 6.36. The summed E-state index contributed by atoms with van der Waals surface area (Å²) in [4.78, 5) is 40.8. The van der Waals surface area contributed by atoms with Gasteiger partial charge in [-0.05, 0) is 24.5 Å². The Balaban J connectivity index is 2.20. The molecule has 0 aromatic carbocycles. The summed E-state index contributed by atoms with van der Waals surface area (Å²) in [6, 6.07) is 4.47. The predicted octanol–water partition coefficient (Wildman–Crippen LogP) is 2.58. The molecule has 3 unspecified atom stereocenters. The van der Waals surface area contributed by atoms with Gasteiger partial charge in [-0.1, -0.05) is 26.3 Å². The van der Waals surface area contributed by atoms with Gasteiger partial charge in [-0.2, -0.15) is 0 Å². The van der Waals surface area contributed by atoms with Crippen molar-refractivity contribution in [3.8, 4) is 0 Å². The number of hydrogen-bond donors (Lipinski definition) is 1. The van der Waals surface area contributed by atoms with Gasteiger partial charge in [0.1, 0.15) is 6.04 Å². The van der Waals surface area contributed by atoms with Crippen molar-refractivity contribution < 1.29 is 19.5 Å². The second kappa shape index (κ2) is 8.28. The number of aliphatic carboxylic acids is 1. The fourth-order valence-corrected chi connectivity index (χ4v) is 4.00. The van der Waals surface area contributed by atoms with Crippen molar-refractivity contribution in [2.45, 2.75) is 55.8 Å². The molecule has 1 aromatic rings. The van der Waals surface area contributed by atoms with Gasteiger partial charge < -0.3 is 5.11 Å². The summed E-state index contributed by atoms with van der Waals surface area (Å²) < 4.78 is 0. The molecule has 1 fully saturated rings. The highest BCUT2D eigenvalue weighted by Crippen LogP contribution is 2.33. The van der Waals surface area contributed by atoms with Crippen molar-refractivity contribution in [1.29, 1.82) is 0 Å². The van der Waals surface area contributed by atoms with Crippen LogP contribution in [-0.2, 0) is 14.4 Å². The SMILES string of the molecule is CCC(C)C(CC(C(=O)O)N1C(=O)CCC1=O)Sc1ccccn1. The zero-order valence-electron chi connectivity index (χ0n) is 13.8. The lowest BCUT2D eigenvalue weighted by Crippen LogP contribution is -2.46. The minimum absolute atomic E-state index is 0.0489. The quantitative estimate of drug-likeness (QED) is 0.573. The average Bonchev–Trinajstić information content (AvgIpc) is 2.90. The Labute approximate surface area is 145 Å². The molecule has 1 aromatic heterocycles. The van der Waals surface area contributed by atoms with Gasteiger partial charge in [0.05, 0.1) is 5.03 Å². The first-order valence-corrected chi connectivity index (χ1v) is 8.97. The van der Waals surface area contributed by atoms with E-state index in [2.05, 4.69) is 4.98 Å². The van der Waals surface area contributed by atoms with Crippen LogP contribution in [0.15, 0.2) is 29.4 Å². The number of amides is 2. The van der Waals surface area contributed by atoms with E-state index in [1.165, 1.54) is 11.8 Å². The van der Waals surface area contributed by atoms with Crippen molar-refractivity contribution >= 4 is 29.5 Å². The van der Waals surface area contributed by atoms with Gasteiger partial charge in [0.2, 0.25) is 11.8 Å². The van der Waals surface area contributed by atoms with E-state index in [-0.39, 0.29) is 30.4 Å². The molecule has 3 atom stereocenters. The summed E-state index contributed by atoms with van der Waals surface area (Å²) in [5.41, 5.74) is 0. The van der Waals surface area contributed by atoms with Gasteiger partial charge in [-0.15, -0.1) is 11.8 Å². The molecule has 2 heterocycles. The second-order valence-electron chi connectivity index (χ2n) is 5.96. The molecule has 7 heteroatoms. The highest BCUT2D eigenvalue weighted by molar-refractivity contribution is 7.99. The molecule has 6 nitrogen and oxygen atoms in total. The molecule has 1 aliphatic heterocycles. The molecule has 0 aliphatic carbocycles. The van der Waals surface area contributed by atoms with Crippen molar-refractivity contribution in [3.05, 3.63) is 24.4 Å². The first-order chi connectivity index (χ1) is 11.4. The maximum Gasteiger partial charge on any atom is 0.326 e. The van der Waals surface area contributed by atoms with E-state index >= 15 is 0 Å². The number of rotatable bonds is 8. The number of imide groups is 1. The molecule has 2 amide bonds. The van der Waals surface area contributed by atoms with Crippen molar-refractivity contribution in [2.75, 3.05) is 0 Å². The molecule has 0 radical (unpaired) electrons. The summed E-state index contributed by atoms with van der Waals surface area (Å²) >= 11 is 1.50. The fourth-order valence-electron chi connectivity index (χ4n) is 2.71. The van der Waals surface area contributed by atoms with Crippen LogP contribution in [0.5, 0.6) is 0 Å². The number of likely N-dealkylation sites (tertiary alicyclic amines) is 1. The smallest absolute Gasteiger partial charge is 0.326 e. The highest BCUT2D eigenvalue weighted by atomic mass is 32.2. The maximum absolute atomic E-state index is 11.9. The highest BCUT2D eigenvalue weighted by Gasteiger charge is 2.40. The van der Waals surface area contributed by atoms with Crippen molar-refractivity contribution in [3.63, 3.8) is 0 Å². The van der Waals surface area contributed by atoms with E-state index in [0.29, 0.717) is 0 Å². The van der Waals surface area contributed by atoms with Gasteiger partial charge in [-0.3, -0.25) is 14.5 Å². The lowest BCUT2D eigenvalue weighted by Gasteiger charge is -2.29. The second-order valence-corrected chi connectivity index (χ2v) is 7.22. The van der Waals surface area contributed by atoms with Crippen LogP contribution < -0.4 is 0 Å². The standard InChI is InChI=1S/C17H22N2O4S/c1-3-11(2)13(24-14-6-4-5-9-18-14)10-12(17(22)23)19-15(20)7-8-16(19)21/h4-6,9,11-13H,3,7-8,10H2,1-2H3,(H,22,23). The largest absolute Gasteiger partial charge is 0.480 e. The molecule has 1 saturated heterocycles. The van der Waals surface area contributed by atoms with Gasteiger partial charge >= 0.3 is 5.97 Å². The van der Waals surface area contributed by atoms with Crippen LogP contribution >= 0.6 is 11.8 Å². The topological polar surface area (TPSA) is 87.6 Å². The van der Waals surface area contributed by atoms with Crippen LogP contribution in [0.25, 0.3) is 0 Å². The lowest BCUT2D eigenvalue weighted by molar-refractivity contribution is -0.154. The third-order valence-electron chi connectivity index (χ3n) is 4.33. The van der Waals surface area contributed by atoms with Crippen LogP contribution in [0.1, 0.15) is 39.5 Å². The molecule has 1 aliphatic rings. The maximum atomic E-state index is 11.9. The average molecular weight is 350 g/mol. The zero-order chi connectivity index (χ0) is 17.7. The first-order valence-electron chi connectivity index (χ1n) is 8.09. The molecule has 0 saturated carbocycles. The molecule has 2 rings (SSSR count). The summed E-state index contributed by atoms with van der Waals surface area (Å²) in [5.74, 6) is -1.68. The molecule has 1 N–H and O–H groups in total. The van der Waals surface area contributed by atoms with Gasteiger partial charge in [-0.25, -0.2) is 9.78 Å². The van der Waals surface area contributed by atoms with Gasteiger partial charge in [0.25, 0.3) is 0 Å². The van der Waals surface area contributed by atoms with E-state index in [9.17, 15) is 19.5 Å². The van der Waals surface area contributed by atoms with Crippen molar-refractivity contribution in [1.82, 2.24) is 9.88 Å². The Morgan fingerprint density at radius 2 is 2.00 bits per heavy atom. The van der Waals surface area contributed by atoms with E-state index in [4.69, 9.17) is 0 Å². The molecular formula is C17H22N2O4S. The van der Waals surface area contributed by atoms with E-state index in [0.717, 1.165) is 16.3 Å². The number of carboxylic acids is 1.